The Morgan fingerprint density at radius 1 is 1.29 bits per heavy atom. The van der Waals surface area contributed by atoms with Gasteiger partial charge in [0.25, 0.3) is 0 Å². The number of Topliss-reactive ketones (excluding diaryl/α,β-unsaturated/α-hetero) is 1. The second-order valence-electron chi connectivity index (χ2n) is 4.92. The van der Waals surface area contributed by atoms with Crippen molar-refractivity contribution >= 4 is 27.8 Å². The Morgan fingerprint density at radius 2 is 2.14 bits per heavy atom. The van der Waals surface area contributed by atoms with E-state index in [1.54, 1.807) is 19.5 Å². The van der Waals surface area contributed by atoms with Gasteiger partial charge in [0.05, 0.1) is 7.11 Å². The molecule has 0 unspecified atom stereocenters. The molecule has 0 aliphatic heterocycles. The van der Waals surface area contributed by atoms with E-state index in [-0.39, 0.29) is 5.78 Å². The molecule has 3 nitrogen and oxygen atoms in total. The molecule has 0 saturated carbocycles. The lowest BCUT2D eigenvalue weighted by Gasteiger charge is -2.18. The van der Waals surface area contributed by atoms with Gasteiger partial charge in [-0.2, -0.15) is 0 Å². The molecule has 0 saturated heterocycles. The minimum absolute atomic E-state index is 0.0996. The van der Waals surface area contributed by atoms with Crippen LogP contribution in [0.2, 0.25) is 0 Å². The van der Waals surface area contributed by atoms with Crippen molar-refractivity contribution in [1.29, 1.82) is 0 Å². The summed E-state index contributed by atoms with van der Waals surface area (Å²) in [6.45, 7) is 0. The van der Waals surface area contributed by atoms with Crippen LogP contribution in [0.25, 0.3) is 6.08 Å². The number of carbonyl (C=O) groups is 1. The molecule has 1 aliphatic carbocycles. The SMILES string of the molecule is COc1ccc2c(c1)CCC(=Cc1ccncc1Br)C2=O. The lowest BCUT2D eigenvalue weighted by atomic mass is 9.86. The van der Waals surface area contributed by atoms with Gasteiger partial charge in [-0.15, -0.1) is 0 Å². The number of benzene rings is 1. The maximum absolute atomic E-state index is 12.6. The number of allylic oxidation sites excluding steroid dienone is 1. The van der Waals surface area contributed by atoms with Crippen LogP contribution in [0.15, 0.2) is 46.7 Å². The maximum atomic E-state index is 12.6. The number of rotatable bonds is 2. The average Bonchev–Trinajstić information content (AvgIpc) is 2.51. The van der Waals surface area contributed by atoms with Crippen molar-refractivity contribution in [2.75, 3.05) is 7.11 Å². The number of fused-ring (bicyclic) bond motifs is 1. The topological polar surface area (TPSA) is 39.2 Å². The quantitative estimate of drug-likeness (QED) is 0.771. The van der Waals surface area contributed by atoms with E-state index in [1.165, 1.54) is 0 Å². The zero-order chi connectivity index (χ0) is 14.8. The summed E-state index contributed by atoms with van der Waals surface area (Å²) >= 11 is 3.46. The van der Waals surface area contributed by atoms with E-state index < -0.39 is 0 Å². The Morgan fingerprint density at radius 3 is 2.90 bits per heavy atom. The summed E-state index contributed by atoms with van der Waals surface area (Å²) in [5, 5.41) is 0. The van der Waals surface area contributed by atoms with Crippen LogP contribution in [-0.4, -0.2) is 17.9 Å². The van der Waals surface area contributed by atoms with Crippen molar-refractivity contribution in [2.24, 2.45) is 0 Å². The Bertz CT molecular complexity index is 737. The van der Waals surface area contributed by atoms with E-state index in [1.807, 2.05) is 30.3 Å². The number of nitrogens with zero attached hydrogens (tertiary/aromatic N) is 1. The fraction of sp³-hybridized carbons (Fsp3) is 0.176. The van der Waals surface area contributed by atoms with Gasteiger partial charge in [0, 0.05) is 28.0 Å². The summed E-state index contributed by atoms with van der Waals surface area (Å²) in [6, 6.07) is 7.54. The average molecular weight is 344 g/mol. The Balaban J connectivity index is 1.98. The van der Waals surface area contributed by atoms with Crippen molar-refractivity contribution in [2.45, 2.75) is 12.8 Å². The van der Waals surface area contributed by atoms with E-state index in [4.69, 9.17) is 4.74 Å². The maximum Gasteiger partial charge on any atom is 0.189 e. The molecule has 2 aromatic rings. The number of methoxy groups -OCH3 is 1. The number of ketones is 1. The summed E-state index contributed by atoms with van der Waals surface area (Å²) in [5.41, 5.74) is 3.65. The van der Waals surface area contributed by atoms with Gasteiger partial charge >= 0.3 is 0 Å². The first kappa shape index (κ1) is 14.0. The van der Waals surface area contributed by atoms with Gasteiger partial charge in [-0.05, 0) is 70.2 Å². The summed E-state index contributed by atoms with van der Waals surface area (Å²) in [6.07, 6.45) is 7.00. The standard InChI is InChI=1S/C17H14BrNO2/c1-21-14-4-5-15-11(9-14)2-3-13(17(15)20)8-12-6-7-19-10-16(12)18/h4-10H,2-3H2,1H3. The highest BCUT2D eigenvalue weighted by Gasteiger charge is 2.22. The second kappa shape index (κ2) is 5.82. The third-order valence-corrected chi connectivity index (χ3v) is 4.31. The highest BCUT2D eigenvalue weighted by atomic mass is 79.9. The highest BCUT2D eigenvalue weighted by molar-refractivity contribution is 9.10. The molecule has 0 bridgehead atoms. The zero-order valence-electron chi connectivity index (χ0n) is 11.6. The first-order valence-corrected chi connectivity index (χ1v) is 7.50. The van der Waals surface area contributed by atoms with Crippen LogP contribution in [0, 0.1) is 0 Å². The molecule has 1 aliphatic rings. The molecule has 1 aromatic heterocycles. The molecule has 0 spiro atoms. The van der Waals surface area contributed by atoms with Crippen molar-refractivity contribution in [3.8, 4) is 5.75 Å². The van der Waals surface area contributed by atoms with Crippen molar-refractivity contribution in [3.63, 3.8) is 0 Å². The van der Waals surface area contributed by atoms with E-state index in [0.717, 1.165) is 45.3 Å². The third-order valence-electron chi connectivity index (χ3n) is 3.65. The predicted molar refractivity (Wildman–Crippen MR) is 85.6 cm³/mol. The fourth-order valence-electron chi connectivity index (χ4n) is 2.51. The van der Waals surface area contributed by atoms with Gasteiger partial charge in [-0.25, -0.2) is 0 Å². The van der Waals surface area contributed by atoms with Crippen LogP contribution in [-0.2, 0) is 6.42 Å². The molecule has 0 amide bonds. The van der Waals surface area contributed by atoms with E-state index in [9.17, 15) is 4.79 Å². The van der Waals surface area contributed by atoms with E-state index in [0.29, 0.717) is 0 Å². The zero-order valence-corrected chi connectivity index (χ0v) is 13.2. The molecule has 0 N–H and O–H groups in total. The smallest absolute Gasteiger partial charge is 0.189 e. The van der Waals surface area contributed by atoms with Gasteiger partial charge < -0.3 is 4.74 Å². The molecule has 0 fully saturated rings. The number of aromatic nitrogens is 1. The first-order valence-electron chi connectivity index (χ1n) is 6.71. The molecule has 1 aromatic carbocycles. The molecule has 1 heterocycles. The van der Waals surface area contributed by atoms with E-state index in [2.05, 4.69) is 20.9 Å². The molecule has 0 radical (unpaired) electrons. The lowest BCUT2D eigenvalue weighted by Crippen LogP contribution is -2.14. The van der Waals surface area contributed by atoms with Crippen LogP contribution >= 0.6 is 15.9 Å². The van der Waals surface area contributed by atoms with Gasteiger partial charge in [0.2, 0.25) is 0 Å². The highest BCUT2D eigenvalue weighted by Crippen LogP contribution is 2.30. The number of hydrogen-bond donors (Lipinski definition) is 0. The minimum Gasteiger partial charge on any atom is -0.497 e. The number of ether oxygens (including phenoxy) is 1. The number of hydrogen-bond acceptors (Lipinski definition) is 3. The monoisotopic (exact) mass is 343 g/mol. The molecule has 0 atom stereocenters. The van der Waals surface area contributed by atoms with E-state index >= 15 is 0 Å². The minimum atomic E-state index is 0.0996. The lowest BCUT2D eigenvalue weighted by molar-refractivity contribution is 0.102. The van der Waals surface area contributed by atoms with Gasteiger partial charge in [-0.3, -0.25) is 9.78 Å². The number of carbonyl (C=O) groups excluding carboxylic acids is 1. The summed E-state index contributed by atoms with van der Waals surface area (Å²) in [5.74, 6) is 0.897. The molecule has 106 valence electrons. The number of pyridine rings is 1. The molecule has 21 heavy (non-hydrogen) atoms. The number of aryl methyl sites for hydroxylation is 1. The molecule has 4 heteroatoms. The Kier molecular flexibility index (Phi) is 3.88. The molecule has 3 rings (SSSR count). The second-order valence-corrected chi connectivity index (χ2v) is 5.77. The van der Waals surface area contributed by atoms with Crippen LogP contribution < -0.4 is 4.74 Å². The van der Waals surface area contributed by atoms with Crippen molar-refractivity contribution < 1.29 is 9.53 Å². The van der Waals surface area contributed by atoms with Gasteiger partial charge in [0.15, 0.2) is 5.78 Å². The van der Waals surface area contributed by atoms with Crippen molar-refractivity contribution in [3.05, 3.63) is 63.4 Å². The summed E-state index contributed by atoms with van der Waals surface area (Å²) in [4.78, 5) is 16.6. The third kappa shape index (κ3) is 2.76. The molecular formula is C17H14BrNO2. The first-order chi connectivity index (χ1) is 10.2. The predicted octanol–water partition coefficient (Wildman–Crippen LogP) is 4.07. The normalized spacial score (nSPS) is 15.9. The summed E-state index contributed by atoms with van der Waals surface area (Å²) in [7, 11) is 1.64. The largest absolute Gasteiger partial charge is 0.497 e. The van der Waals surface area contributed by atoms with Crippen LogP contribution in [0.3, 0.4) is 0 Å². The Hall–Kier alpha value is -1.94. The molecular weight excluding hydrogens is 330 g/mol. The van der Waals surface area contributed by atoms with Crippen molar-refractivity contribution in [1.82, 2.24) is 4.98 Å². The Labute approximate surface area is 131 Å². The van der Waals surface area contributed by atoms with Crippen LogP contribution in [0.4, 0.5) is 0 Å². The summed E-state index contributed by atoms with van der Waals surface area (Å²) < 4.78 is 6.11. The van der Waals surface area contributed by atoms with Gasteiger partial charge in [-0.1, -0.05) is 0 Å². The number of halogens is 1. The van der Waals surface area contributed by atoms with Gasteiger partial charge in [0.1, 0.15) is 5.75 Å². The van der Waals surface area contributed by atoms with Crippen LogP contribution in [0.1, 0.15) is 27.9 Å². The fourth-order valence-corrected chi connectivity index (χ4v) is 2.87. The van der Waals surface area contributed by atoms with Crippen LogP contribution in [0.5, 0.6) is 5.75 Å².